The van der Waals surface area contributed by atoms with Gasteiger partial charge in [0.2, 0.25) is 0 Å². The van der Waals surface area contributed by atoms with Crippen LogP contribution >= 0.6 is 0 Å². The highest BCUT2D eigenvalue weighted by atomic mass is 19.1. The van der Waals surface area contributed by atoms with Crippen molar-refractivity contribution in [2.75, 3.05) is 11.9 Å². The molecule has 0 bridgehead atoms. The van der Waals surface area contributed by atoms with E-state index in [0.29, 0.717) is 29.4 Å². The molecule has 0 aliphatic heterocycles. The summed E-state index contributed by atoms with van der Waals surface area (Å²) in [5.74, 6) is 0.127. The molecule has 1 unspecified atom stereocenters. The molecule has 3 aromatic carbocycles. The van der Waals surface area contributed by atoms with Crippen LogP contribution in [0, 0.1) is 25.6 Å². The third kappa shape index (κ3) is 5.79. The van der Waals surface area contributed by atoms with Crippen LogP contribution < -0.4 is 16.4 Å². The second-order valence-electron chi connectivity index (χ2n) is 9.85. The SMILES string of the molecule is Cc1ccc(C(NCC2CC2)c2cccc(NC(=O)c3cc(C)nn3-c3cccc(CN)c3)c2)c(F)c1. The number of amides is 1. The Bertz CT molecular complexity index is 1430. The highest BCUT2D eigenvalue weighted by molar-refractivity contribution is 6.03. The van der Waals surface area contributed by atoms with Gasteiger partial charge < -0.3 is 16.4 Å². The van der Waals surface area contributed by atoms with Crippen molar-refractivity contribution in [3.05, 3.63) is 112 Å². The van der Waals surface area contributed by atoms with E-state index < -0.39 is 0 Å². The van der Waals surface area contributed by atoms with Crippen molar-refractivity contribution in [1.82, 2.24) is 15.1 Å². The molecule has 1 fully saturated rings. The van der Waals surface area contributed by atoms with Gasteiger partial charge in [-0.25, -0.2) is 9.07 Å². The molecular formula is C30H32FN5O. The standard InChI is InChI=1S/C30H32FN5O/c1-19-9-12-26(27(31)13-19)29(33-18-21-10-11-21)23-6-4-7-24(16-23)34-30(37)28-14-20(2)35-36(28)25-8-3-5-22(15-25)17-32/h3-9,12-16,21,29,33H,10-11,17-18,32H2,1-2H3,(H,34,37). The molecular weight excluding hydrogens is 465 g/mol. The van der Waals surface area contributed by atoms with E-state index in [9.17, 15) is 9.18 Å². The molecule has 0 radical (unpaired) electrons. The topological polar surface area (TPSA) is 85.0 Å². The number of anilines is 1. The second kappa shape index (κ2) is 10.7. The van der Waals surface area contributed by atoms with Crippen molar-refractivity contribution in [3.63, 3.8) is 0 Å². The lowest BCUT2D eigenvalue weighted by molar-refractivity contribution is 0.101. The molecule has 1 aromatic heterocycles. The van der Waals surface area contributed by atoms with E-state index in [4.69, 9.17) is 5.73 Å². The predicted octanol–water partition coefficient (Wildman–Crippen LogP) is 5.43. The third-order valence-electron chi connectivity index (χ3n) is 6.71. The zero-order valence-corrected chi connectivity index (χ0v) is 21.2. The molecule has 4 aromatic rings. The minimum absolute atomic E-state index is 0.234. The van der Waals surface area contributed by atoms with Gasteiger partial charge in [0.1, 0.15) is 11.5 Å². The van der Waals surface area contributed by atoms with Crippen LogP contribution in [-0.2, 0) is 6.54 Å². The average molecular weight is 498 g/mol. The van der Waals surface area contributed by atoms with Crippen LogP contribution in [0.3, 0.4) is 0 Å². The van der Waals surface area contributed by atoms with Crippen LogP contribution in [0.5, 0.6) is 0 Å². The first kappa shape index (κ1) is 24.9. The van der Waals surface area contributed by atoms with E-state index in [1.165, 1.54) is 12.8 Å². The van der Waals surface area contributed by atoms with Crippen LogP contribution in [0.2, 0.25) is 0 Å². The quantitative estimate of drug-likeness (QED) is 0.288. The first-order valence-corrected chi connectivity index (χ1v) is 12.7. The number of carbonyl (C=O) groups is 1. The third-order valence-corrected chi connectivity index (χ3v) is 6.71. The van der Waals surface area contributed by atoms with Crippen LogP contribution in [-0.4, -0.2) is 22.2 Å². The molecule has 1 aliphatic carbocycles. The zero-order valence-electron chi connectivity index (χ0n) is 21.2. The highest BCUT2D eigenvalue weighted by Gasteiger charge is 2.25. The van der Waals surface area contributed by atoms with Gasteiger partial charge in [0, 0.05) is 17.8 Å². The lowest BCUT2D eigenvalue weighted by atomic mass is 9.96. The number of nitrogens with zero attached hydrogens (tertiary/aromatic N) is 2. The number of hydrogen-bond acceptors (Lipinski definition) is 4. The molecule has 1 heterocycles. The Morgan fingerprint density at radius 1 is 1.08 bits per heavy atom. The first-order chi connectivity index (χ1) is 17.9. The van der Waals surface area contributed by atoms with Crippen molar-refractivity contribution in [1.29, 1.82) is 0 Å². The maximum atomic E-state index is 15.0. The van der Waals surface area contributed by atoms with Crippen molar-refractivity contribution < 1.29 is 9.18 Å². The predicted molar refractivity (Wildman–Crippen MR) is 144 cm³/mol. The smallest absolute Gasteiger partial charge is 0.274 e. The number of benzene rings is 3. The van der Waals surface area contributed by atoms with Gasteiger partial charge in [0.05, 0.1) is 17.4 Å². The van der Waals surface area contributed by atoms with Crippen LogP contribution in [0.1, 0.15) is 57.3 Å². The molecule has 6 nitrogen and oxygen atoms in total. The summed E-state index contributed by atoms with van der Waals surface area (Å²) in [5, 5.41) is 11.1. The van der Waals surface area contributed by atoms with Gasteiger partial charge in [-0.1, -0.05) is 36.4 Å². The lowest BCUT2D eigenvalue weighted by Gasteiger charge is -2.21. The highest BCUT2D eigenvalue weighted by Crippen LogP contribution is 2.32. The summed E-state index contributed by atoms with van der Waals surface area (Å²) >= 11 is 0. The van der Waals surface area contributed by atoms with E-state index in [1.54, 1.807) is 16.8 Å². The minimum Gasteiger partial charge on any atom is -0.326 e. The number of aryl methyl sites for hydroxylation is 2. The minimum atomic E-state index is -0.315. The summed E-state index contributed by atoms with van der Waals surface area (Å²) in [4.78, 5) is 13.4. The molecule has 4 N–H and O–H groups in total. The Morgan fingerprint density at radius 3 is 2.65 bits per heavy atom. The molecule has 1 saturated carbocycles. The van der Waals surface area contributed by atoms with Crippen molar-refractivity contribution >= 4 is 11.6 Å². The average Bonchev–Trinajstić information content (AvgIpc) is 3.64. The molecule has 5 rings (SSSR count). The molecule has 1 aliphatic rings. The monoisotopic (exact) mass is 497 g/mol. The number of halogens is 1. The fraction of sp³-hybridized carbons (Fsp3) is 0.267. The number of rotatable bonds is 9. The summed E-state index contributed by atoms with van der Waals surface area (Å²) in [5.41, 5.74) is 11.7. The van der Waals surface area contributed by atoms with Crippen LogP contribution in [0.25, 0.3) is 5.69 Å². The van der Waals surface area contributed by atoms with E-state index in [0.717, 1.165) is 34.6 Å². The summed E-state index contributed by atoms with van der Waals surface area (Å²) in [6, 6.07) is 22.0. The Morgan fingerprint density at radius 2 is 1.89 bits per heavy atom. The van der Waals surface area contributed by atoms with E-state index >= 15 is 0 Å². The number of nitrogens with one attached hydrogen (secondary N) is 2. The lowest BCUT2D eigenvalue weighted by Crippen LogP contribution is -2.25. The van der Waals surface area contributed by atoms with Gasteiger partial charge >= 0.3 is 0 Å². The van der Waals surface area contributed by atoms with Gasteiger partial charge in [0.15, 0.2) is 0 Å². The summed E-state index contributed by atoms with van der Waals surface area (Å²) < 4.78 is 16.6. The Kier molecular flexibility index (Phi) is 7.17. The van der Waals surface area contributed by atoms with Crippen molar-refractivity contribution in [3.8, 4) is 5.69 Å². The van der Waals surface area contributed by atoms with Gasteiger partial charge in [-0.05, 0) is 92.2 Å². The maximum Gasteiger partial charge on any atom is 0.274 e. The number of aromatic nitrogens is 2. The fourth-order valence-corrected chi connectivity index (χ4v) is 4.54. The Hall–Kier alpha value is -3.81. The largest absolute Gasteiger partial charge is 0.326 e. The van der Waals surface area contributed by atoms with Gasteiger partial charge in [0.25, 0.3) is 5.91 Å². The summed E-state index contributed by atoms with van der Waals surface area (Å²) in [7, 11) is 0. The van der Waals surface area contributed by atoms with Gasteiger partial charge in [-0.3, -0.25) is 4.79 Å². The molecule has 37 heavy (non-hydrogen) atoms. The van der Waals surface area contributed by atoms with Crippen molar-refractivity contribution in [2.24, 2.45) is 11.7 Å². The molecule has 1 atom stereocenters. The van der Waals surface area contributed by atoms with E-state index in [1.807, 2.05) is 74.5 Å². The zero-order chi connectivity index (χ0) is 25.9. The first-order valence-electron chi connectivity index (χ1n) is 12.7. The molecule has 0 spiro atoms. The second-order valence-corrected chi connectivity index (χ2v) is 9.85. The van der Waals surface area contributed by atoms with Crippen LogP contribution in [0.15, 0.2) is 72.8 Å². The molecule has 0 saturated heterocycles. The number of carbonyl (C=O) groups excluding carboxylic acids is 1. The van der Waals surface area contributed by atoms with Crippen LogP contribution in [0.4, 0.5) is 10.1 Å². The number of nitrogens with two attached hydrogens (primary N) is 1. The Labute approximate surface area is 216 Å². The van der Waals surface area contributed by atoms with E-state index in [2.05, 4.69) is 15.7 Å². The maximum absolute atomic E-state index is 15.0. The molecule has 190 valence electrons. The molecule has 1 amide bonds. The normalized spacial score (nSPS) is 13.9. The van der Waals surface area contributed by atoms with Gasteiger partial charge in [-0.15, -0.1) is 0 Å². The Balaban J connectivity index is 1.42. The fourth-order valence-electron chi connectivity index (χ4n) is 4.54. The molecule has 7 heteroatoms. The van der Waals surface area contributed by atoms with Gasteiger partial charge in [-0.2, -0.15) is 5.10 Å². The summed E-state index contributed by atoms with van der Waals surface area (Å²) in [6.45, 7) is 4.97. The van der Waals surface area contributed by atoms with E-state index in [-0.39, 0.29) is 17.8 Å². The number of hydrogen-bond donors (Lipinski definition) is 3. The van der Waals surface area contributed by atoms with Crippen molar-refractivity contribution in [2.45, 2.75) is 39.3 Å². The summed E-state index contributed by atoms with van der Waals surface area (Å²) in [6.07, 6.45) is 2.40.